The van der Waals surface area contributed by atoms with Crippen LogP contribution in [0.1, 0.15) is 5.56 Å². The molecule has 0 saturated heterocycles. The van der Waals surface area contributed by atoms with Crippen molar-refractivity contribution in [2.75, 3.05) is 11.5 Å². The number of anilines is 1. The molecule has 0 radical (unpaired) electrons. The number of hydrogen-bond acceptors (Lipinski definition) is 6. The standard InChI is InChI=1S/C13H12N4S2/c14-11-10-4-7-18-12(10)17-13(16-11)19-6-3-9-2-1-5-15-8-9/h1-2,4-5,7-8H,3,6H2,(H2,14,16,17). The van der Waals surface area contributed by atoms with Gasteiger partial charge in [-0.1, -0.05) is 17.8 Å². The average molecular weight is 288 g/mol. The molecule has 2 N–H and O–H groups in total. The van der Waals surface area contributed by atoms with Gasteiger partial charge in [-0.05, 0) is 29.5 Å². The molecule has 0 spiro atoms. The zero-order valence-corrected chi connectivity index (χ0v) is 11.7. The van der Waals surface area contributed by atoms with Crippen LogP contribution in [-0.2, 0) is 6.42 Å². The van der Waals surface area contributed by atoms with Gasteiger partial charge in [-0.25, -0.2) is 9.97 Å². The molecular formula is C13H12N4S2. The van der Waals surface area contributed by atoms with E-state index in [2.05, 4.69) is 21.0 Å². The van der Waals surface area contributed by atoms with Crippen LogP contribution in [0.3, 0.4) is 0 Å². The van der Waals surface area contributed by atoms with E-state index in [0.29, 0.717) is 5.82 Å². The van der Waals surface area contributed by atoms with Gasteiger partial charge in [0, 0.05) is 18.1 Å². The summed E-state index contributed by atoms with van der Waals surface area (Å²) in [6.45, 7) is 0. The minimum Gasteiger partial charge on any atom is -0.383 e. The normalized spacial score (nSPS) is 10.9. The van der Waals surface area contributed by atoms with Crippen LogP contribution in [0, 0.1) is 0 Å². The number of thioether (sulfide) groups is 1. The minimum atomic E-state index is 0.565. The molecule has 0 amide bonds. The van der Waals surface area contributed by atoms with E-state index in [-0.39, 0.29) is 0 Å². The van der Waals surface area contributed by atoms with Gasteiger partial charge in [-0.3, -0.25) is 4.98 Å². The SMILES string of the molecule is Nc1nc(SCCc2cccnc2)nc2sccc12. The van der Waals surface area contributed by atoms with Gasteiger partial charge in [-0.15, -0.1) is 11.3 Å². The number of nitrogens with zero attached hydrogens (tertiary/aromatic N) is 3. The van der Waals surface area contributed by atoms with Crippen molar-refractivity contribution < 1.29 is 0 Å². The van der Waals surface area contributed by atoms with E-state index < -0.39 is 0 Å². The summed E-state index contributed by atoms with van der Waals surface area (Å²) < 4.78 is 0. The fraction of sp³-hybridized carbons (Fsp3) is 0.154. The molecule has 0 saturated carbocycles. The summed E-state index contributed by atoms with van der Waals surface area (Å²) in [5, 5.41) is 3.68. The number of hydrogen-bond donors (Lipinski definition) is 1. The highest BCUT2D eigenvalue weighted by Crippen LogP contribution is 2.26. The van der Waals surface area contributed by atoms with Crippen molar-refractivity contribution in [1.82, 2.24) is 15.0 Å². The quantitative estimate of drug-likeness (QED) is 0.590. The van der Waals surface area contributed by atoms with Crippen molar-refractivity contribution in [2.24, 2.45) is 0 Å². The van der Waals surface area contributed by atoms with Crippen LogP contribution in [0.2, 0.25) is 0 Å². The lowest BCUT2D eigenvalue weighted by Gasteiger charge is -2.02. The van der Waals surface area contributed by atoms with Gasteiger partial charge in [0.1, 0.15) is 10.6 Å². The van der Waals surface area contributed by atoms with Gasteiger partial charge in [-0.2, -0.15) is 0 Å². The minimum absolute atomic E-state index is 0.565. The lowest BCUT2D eigenvalue weighted by Crippen LogP contribution is -1.96. The monoisotopic (exact) mass is 288 g/mol. The van der Waals surface area contributed by atoms with Crippen LogP contribution in [0.25, 0.3) is 10.2 Å². The van der Waals surface area contributed by atoms with E-state index in [0.717, 1.165) is 27.5 Å². The Morgan fingerprint density at radius 2 is 2.21 bits per heavy atom. The van der Waals surface area contributed by atoms with Crippen molar-refractivity contribution in [3.63, 3.8) is 0 Å². The lowest BCUT2D eigenvalue weighted by molar-refractivity contribution is 1.01. The summed E-state index contributed by atoms with van der Waals surface area (Å²) >= 11 is 3.22. The van der Waals surface area contributed by atoms with Crippen LogP contribution in [-0.4, -0.2) is 20.7 Å². The Morgan fingerprint density at radius 1 is 1.26 bits per heavy atom. The van der Waals surface area contributed by atoms with Crippen LogP contribution in [0.5, 0.6) is 0 Å². The number of pyridine rings is 1. The molecule has 3 aromatic rings. The molecule has 3 rings (SSSR count). The second-order valence-corrected chi connectivity index (χ2v) is 5.95. The largest absolute Gasteiger partial charge is 0.383 e. The first-order valence-corrected chi connectivity index (χ1v) is 7.72. The van der Waals surface area contributed by atoms with Crippen molar-refractivity contribution in [3.8, 4) is 0 Å². The summed E-state index contributed by atoms with van der Waals surface area (Å²) in [6.07, 6.45) is 4.62. The molecule has 0 aliphatic carbocycles. The second kappa shape index (κ2) is 5.54. The van der Waals surface area contributed by atoms with Crippen LogP contribution in [0.4, 0.5) is 5.82 Å². The van der Waals surface area contributed by atoms with Crippen molar-refractivity contribution in [3.05, 3.63) is 41.5 Å². The summed E-state index contributed by atoms with van der Waals surface area (Å²) in [6, 6.07) is 5.98. The topological polar surface area (TPSA) is 64.7 Å². The van der Waals surface area contributed by atoms with Crippen LogP contribution >= 0.6 is 23.1 Å². The Bertz CT molecular complexity index is 681. The molecule has 3 aromatic heterocycles. The first-order chi connectivity index (χ1) is 9.33. The molecule has 3 heterocycles. The Hall–Kier alpha value is -1.66. The molecular weight excluding hydrogens is 276 g/mol. The van der Waals surface area contributed by atoms with E-state index in [1.165, 1.54) is 5.56 Å². The highest BCUT2D eigenvalue weighted by molar-refractivity contribution is 7.99. The predicted molar refractivity (Wildman–Crippen MR) is 80.5 cm³/mol. The van der Waals surface area contributed by atoms with E-state index in [9.17, 15) is 0 Å². The number of rotatable bonds is 4. The number of aromatic nitrogens is 3. The fourth-order valence-corrected chi connectivity index (χ4v) is 3.40. The van der Waals surface area contributed by atoms with Gasteiger partial charge < -0.3 is 5.73 Å². The molecule has 0 aliphatic heterocycles. The summed E-state index contributed by atoms with van der Waals surface area (Å²) in [5.41, 5.74) is 7.14. The molecule has 0 unspecified atom stereocenters. The highest BCUT2D eigenvalue weighted by atomic mass is 32.2. The van der Waals surface area contributed by atoms with Gasteiger partial charge in [0.2, 0.25) is 0 Å². The van der Waals surface area contributed by atoms with Crippen molar-refractivity contribution in [2.45, 2.75) is 11.6 Å². The van der Waals surface area contributed by atoms with E-state index in [1.54, 1.807) is 29.3 Å². The molecule has 6 heteroatoms. The molecule has 0 aromatic carbocycles. The molecule has 96 valence electrons. The number of nitrogens with two attached hydrogens (primary N) is 1. The van der Waals surface area contributed by atoms with E-state index >= 15 is 0 Å². The zero-order chi connectivity index (χ0) is 13.1. The predicted octanol–water partition coefficient (Wildman–Crippen LogP) is 3.00. The maximum atomic E-state index is 5.92. The third kappa shape index (κ3) is 2.85. The average Bonchev–Trinajstić information content (AvgIpc) is 2.89. The van der Waals surface area contributed by atoms with Crippen molar-refractivity contribution in [1.29, 1.82) is 0 Å². The molecule has 0 atom stereocenters. The first kappa shape index (κ1) is 12.4. The maximum Gasteiger partial charge on any atom is 0.190 e. The molecule has 19 heavy (non-hydrogen) atoms. The summed E-state index contributed by atoms with van der Waals surface area (Å²) in [5.74, 6) is 1.48. The zero-order valence-electron chi connectivity index (χ0n) is 10.1. The second-order valence-electron chi connectivity index (χ2n) is 3.99. The summed E-state index contributed by atoms with van der Waals surface area (Å²) in [4.78, 5) is 13.9. The fourth-order valence-electron chi connectivity index (χ4n) is 1.73. The molecule has 0 fully saturated rings. The first-order valence-electron chi connectivity index (χ1n) is 5.85. The van der Waals surface area contributed by atoms with Crippen LogP contribution in [0.15, 0.2) is 41.1 Å². The number of fused-ring (bicyclic) bond motifs is 1. The third-order valence-electron chi connectivity index (χ3n) is 2.68. The van der Waals surface area contributed by atoms with Gasteiger partial charge in [0.05, 0.1) is 5.39 Å². The Kier molecular flexibility index (Phi) is 3.61. The van der Waals surface area contributed by atoms with E-state index in [1.807, 2.05) is 23.7 Å². The number of thiophene rings is 1. The smallest absolute Gasteiger partial charge is 0.190 e. The maximum absolute atomic E-state index is 5.92. The molecule has 4 nitrogen and oxygen atoms in total. The Labute approximate surface area is 119 Å². The number of nitrogen functional groups attached to an aromatic ring is 1. The van der Waals surface area contributed by atoms with Crippen molar-refractivity contribution >= 4 is 39.1 Å². The Balaban J connectivity index is 1.68. The Morgan fingerprint density at radius 3 is 3.05 bits per heavy atom. The van der Waals surface area contributed by atoms with Gasteiger partial charge >= 0.3 is 0 Å². The molecule has 0 aliphatic rings. The van der Waals surface area contributed by atoms with E-state index in [4.69, 9.17) is 5.73 Å². The van der Waals surface area contributed by atoms with Crippen LogP contribution < -0.4 is 5.73 Å². The molecule has 0 bridgehead atoms. The lowest BCUT2D eigenvalue weighted by atomic mass is 10.2. The van der Waals surface area contributed by atoms with Gasteiger partial charge in [0.25, 0.3) is 0 Å². The third-order valence-corrected chi connectivity index (χ3v) is 4.33. The summed E-state index contributed by atoms with van der Waals surface area (Å²) in [7, 11) is 0. The number of aryl methyl sites for hydroxylation is 1. The highest BCUT2D eigenvalue weighted by Gasteiger charge is 2.06. The van der Waals surface area contributed by atoms with Gasteiger partial charge in [0.15, 0.2) is 5.16 Å².